The van der Waals surface area contributed by atoms with Gasteiger partial charge in [-0.1, -0.05) is 11.6 Å². The predicted molar refractivity (Wildman–Crippen MR) is 34.0 cm³/mol. The molecule has 0 amide bonds. The highest BCUT2D eigenvalue weighted by atomic mass is 35.5. The molecular weight excluding hydrogens is 156 g/mol. The van der Waals surface area contributed by atoms with Crippen LogP contribution in [0.5, 0.6) is 0 Å². The van der Waals surface area contributed by atoms with E-state index < -0.39 is 5.97 Å². The molecule has 0 aliphatic carbocycles. The average molecular weight is 159 g/mol. The Morgan fingerprint density at radius 3 is 2.50 bits per heavy atom. The Balaban J connectivity index is 3.15. The third kappa shape index (κ3) is 1.22. The van der Waals surface area contributed by atoms with E-state index in [1.807, 2.05) is 0 Å². The van der Waals surface area contributed by atoms with E-state index in [0.29, 0.717) is 0 Å². The van der Waals surface area contributed by atoms with Gasteiger partial charge in [-0.2, -0.15) is 10.2 Å². The molecule has 0 radical (unpaired) electrons. The summed E-state index contributed by atoms with van der Waals surface area (Å²) in [7, 11) is 0. The second kappa shape index (κ2) is 2.62. The van der Waals surface area contributed by atoms with Crippen molar-refractivity contribution in [3.05, 3.63) is 23.0 Å². The van der Waals surface area contributed by atoms with E-state index in [1.54, 1.807) is 0 Å². The summed E-state index contributed by atoms with van der Waals surface area (Å²) in [6.07, 6.45) is 2.29. The van der Waals surface area contributed by atoms with E-state index in [4.69, 9.17) is 16.7 Å². The molecule has 1 heterocycles. The molecule has 0 spiro atoms. The van der Waals surface area contributed by atoms with Gasteiger partial charge in [0, 0.05) is 0 Å². The number of hydrogen-bond donors (Lipinski definition) is 1. The van der Waals surface area contributed by atoms with Crippen molar-refractivity contribution >= 4 is 17.6 Å². The highest BCUT2D eigenvalue weighted by Gasteiger charge is 2.06. The monoisotopic (exact) mass is 158 g/mol. The van der Waals surface area contributed by atoms with Crippen molar-refractivity contribution in [3.63, 3.8) is 0 Å². The Bertz CT molecular complexity index is 264. The third-order valence-electron chi connectivity index (χ3n) is 0.912. The van der Waals surface area contributed by atoms with Crippen molar-refractivity contribution in [1.29, 1.82) is 0 Å². The quantitative estimate of drug-likeness (QED) is 0.658. The number of hydrogen-bond acceptors (Lipinski definition) is 3. The number of rotatable bonds is 1. The van der Waals surface area contributed by atoms with Crippen molar-refractivity contribution < 1.29 is 9.90 Å². The van der Waals surface area contributed by atoms with E-state index >= 15 is 0 Å². The minimum Gasteiger partial charge on any atom is -0.478 e. The molecule has 4 nitrogen and oxygen atoms in total. The van der Waals surface area contributed by atoms with Gasteiger partial charge in [-0.3, -0.25) is 0 Å². The summed E-state index contributed by atoms with van der Waals surface area (Å²) < 4.78 is 0. The molecule has 1 aromatic rings. The Labute approximate surface area is 61.5 Å². The van der Waals surface area contributed by atoms with Crippen LogP contribution in [0.2, 0.25) is 5.02 Å². The number of carbonyl (C=O) groups is 1. The molecule has 52 valence electrons. The maximum absolute atomic E-state index is 10.3. The molecule has 0 aromatic carbocycles. The van der Waals surface area contributed by atoms with Gasteiger partial charge in [0.1, 0.15) is 0 Å². The van der Waals surface area contributed by atoms with Gasteiger partial charge in [0.05, 0.1) is 23.0 Å². The molecule has 1 N–H and O–H groups in total. The largest absolute Gasteiger partial charge is 0.478 e. The van der Waals surface area contributed by atoms with Gasteiger partial charge in [-0.05, 0) is 0 Å². The number of halogens is 1. The van der Waals surface area contributed by atoms with Crippen molar-refractivity contribution in [3.8, 4) is 0 Å². The van der Waals surface area contributed by atoms with Gasteiger partial charge in [-0.15, -0.1) is 0 Å². The molecule has 1 rings (SSSR count). The van der Waals surface area contributed by atoms with Gasteiger partial charge >= 0.3 is 5.97 Å². The van der Waals surface area contributed by atoms with Gasteiger partial charge in [-0.25, -0.2) is 4.79 Å². The number of carboxylic acids is 1. The highest BCUT2D eigenvalue weighted by molar-refractivity contribution is 6.33. The smallest absolute Gasteiger partial charge is 0.338 e. The van der Waals surface area contributed by atoms with Crippen LogP contribution < -0.4 is 0 Å². The van der Waals surface area contributed by atoms with Crippen molar-refractivity contribution in [2.75, 3.05) is 0 Å². The highest BCUT2D eigenvalue weighted by Crippen LogP contribution is 2.10. The molecule has 0 unspecified atom stereocenters. The lowest BCUT2D eigenvalue weighted by Crippen LogP contribution is -1.98. The molecule has 0 saturated carbocycles. The predicted octanol–water partition coefficient (Wildman–Crippen LogP) is 0.828. The number of nitrogens with zero attached hydrogens (tertiary/aromatic N) is 2. The maximum atomic E-state index is 10.3. The summed E-state index contributed by atoms with van der Waals surface area (Å²) >= 11 is 5.44. The van der Waals surface area contributed by atoms with Crippen LogP contribution in [0, 0.1) is 0 Å². The summed E-state index contributed by atoms with van der Waals surface area (Å²) in [5.74, 6) is -1.10. The van der Waals surface area contributed by atoms with Gasteiger partial charge < -0.3 is 5.11 Å². The molecule has 0 saturated heterocycles. The van der Waals surface area contributed by atoms with E-state index in [2.05, 4.69) is 10.2 Å². The zero-order valence-corrected chi connectivity index (χ0v) is 5.54. The first-order chi connectivity index (χ1) is 4.72. The Morgan fingerprint density at radius 2 is 2.10 bits per heavy atom. The first-order valence-corrected chi connectivity index (χ1v) is 2.79. The minimum absolute atomic E-state index is 0.0309. The van der Waals surface area contributed by atoms with Gasteiger partial charge in [0.25, 0.3) is 0 Å². The third-order valence-corrected chi connectivity index (χ3v) is 1.21. The summed E-state index contributed by atoms with van der Waals surface area (Å²) in [5, 5.41) is 15.2. The van der Waals surface area contributed by atoms with Gasteiger partial charge in [0.15, 0.2) is 0 Å². The number of carboxylic acid groups (broad SMARTS) is 1. The fraction of sp³-hybridized carbons (Fsp3) is 0. The van der Waals surface area contributed by atoms with Crippen LogP contribution in [0.15, 0.2) is 12.4 Å². The van der Waals surface area contributed by atoms with Crippen LogP contribution in [-0.4, -0.2) is 21.3 Å². The molecule has 0 fully saturated rings. The van der Waals surface area contributed by atoms with Crippen LogP contribution >= 0.6 is 11.6 Å². The van der Waals surface area contributed by atoms with Crippen molar-refractivity contribution in [2.24, 2.45) is 0 Å². The van der Waals surface area contributed by atoms with E-state index in [9.17, 15) is 4.79 Å². The lowest BCUT2D eigenvalue weighted by atomic mass is 10.3. The second-order valence-electron chi connectivity index (χ2n) is 1.56. The lowest BCUT2D eigenvalue weighted by Gasteiger charge is -1.92. The topological polar surface area (TPSA) is 63.1 Å². The van der Waals surface area contributed by atoms with Crippen molar-refractivity contribution in [2.45, 2.75) is 0 Å². The van der Waals surface area contributed by atoms with Gasteiger partial charge in [0.2, 0.25) is 0 Å². The summed E-state index contributed by atoms with van der Waals surface area (Å²) in [6, 6.07) is 0. The van der Waals surface area contributed by atoms with Crippen LogP contribution in [0.1, 0.15) is 10.4 Å². The number of aromatic nitrogens is 2. The SMILES string of the molecule is O=C(O)c1cnncc1Cl. The van der Waals surface area contributed by atoms with E-state index in [-0.39, 0.29) is 10.6 Å². The molecule has 0 aliphatic rings. The molecule has 0 bridgehead atoms. The Kier molecular flexibility index (Phi) is 1.82. The molecule has 10 heavy (non-hydrogen) atoms. The van der Waals surface area contributed by atoms with Crippen LogP contribution in [0.3, 0.4) is 0 Å². The van der Waals surface area contributed by atoms with Crippen LogP contribution in [0.4, 0.5) is 0 Å². The van der Waals surface area contributed by atoms with E-state index in [1.165, 1.54) is 6.20 Å². The molecule has 5 heteroatoms. The average Bonchev–Trinajstić information content (AvgIpc) is 1.88. The Morgan fingerprint density at radius 1 is 1.50 bits per heavy atom. The molecule has 1 aromatic heterocycles. The molecule has 0 atom stereocenters. The summed E-state index contributed by atoms with van der Waals surface area (Å²) in [5.41, 5.74) is -0.0309. The summed E-state index contributed by atoms with van der Waals surface area (Å²) in [4.78, 5) is 10.3. The minimum atomic E-state index is -1.10. The first kappa shape index (κ1) is 6.95. The maximum Gasteiger partial charge on any atom is 0.338 e. The van der Waals surface area contributed by atoms with Crippen molar-refractivity contribution in [1.82, 2.24) is 10.2 Å². The van der Waals surface area contributed by atoms with Crippen LogP contribution in [-0.2, 0) is 0 Å². The standard InChI is InChI=1S/C5H3ClN2O2/c6-4-2-8-7-1-3(4)5(9)10/h1-2H,(H,9,10). The zero-order valence-electron chi connectivity index (χ0n) is 4.78. The van der Waals surface area contributed by atoms with E-state index in [0.717, 1.165) is 6.20 Å². The lowest BCUT2D eigenvalue weighted by molar-refractivity contribution is 0.0696. The normalized spacial score (nSPS) is 9.30. The molecular formula is C5H3ClN2O2. The Hall–Kier alpha value is -1.16. The zero-order chi connectivity index (χ0) is 7.56. The fourth-order valence-electron chi connectivity index (χ4n) is 0.464. The molecule has 0 aliphatic heterocycles. The number of aromatic carboxylic acids is 1. The van der Waals surface area contributed by atoms with Crippen LogP contribution in [0.25, 0.3) is 0 Å². The fourth-order valence-corrected chi connectivity index (χ4v) is 0.637. The second-order valence-corrected chi connectivity index (χ2v) is 1.96. The first-order valence-electron chi connectivity index (χ1n) is 2.41. The summed E-state index contributed by atoms with van der Waals surface area (Å²) in [6.45, 7) is 0.